The first-order chi connectivity index (χ1) is 8.52. The quantitative estimate of drug-likeness (QED) is 0.870. The third-order valence-corrected chi connectivity index (χ3v) is 3.25. The number of carbonyl (C=O) groups excluding carboxylic acids is 1. The van der Waals surface area contributed by atoms with Crippen LogP contribution >= 0.6 is 15.9 Å². The van der Waals surface area contributed by atoms with Crippen LogP contribution in [0.3, 0.4) is 0 Å². The number of rotatable bonds is 3. The molecule has 0 aliphatic carbocycles. The van der Waals surface area contributed by atoms with E-state index in [9.17, 15) is 9.90 Å². The number of carbonyl (C=O) groups is 1. The number of hydrogen-bond acceptors (Lipinski definition) is 4. The Labute approximate surface area is 114 Å². The lowest BCUT2D eigenvalue weighted by Gasteiger charge is -2.14. The Kier molecular flexibility index (Phi) is 3.92. The fraction of sp³-hybridized carbons (Fsp3) is 0.462. The van der Waals surface area contributed by atoms with Crippen molar-refractivity contribution in [2.24, 2.45) is 0 Å². The topological polar surface area (TPSA) is 55.8 Å². The Balaban J connectivity index is 2.36. The summed E-state index contributed by atoms with van der Waals surface area (Å²) in [7, 11) is 0. The minimum absolute atomic E-state index is 0.0578. The van der Waals surface area contributed by atoms with Gasteiger partial charge in [-0.25, -0.2) is 4.79 Å². The van der Waals surface area contributed by atoms with Crippen LogP contribution in [0.2, 0.25) is 0 Å². The molecular weight excluding hydrogens is 300 g/mol. The van der Waals surface area contributed by atoms with Crippen LogP contribution in [0, 0.1) is 0 Å². The molecule has 1 heterocycles. The molecule has 2 rings (SSSR count). The van der Waals surface area contributed by atoms with Crippen LogP contribution in [-0.2, 0) is 16.0 Å². The van der Waals surface area contributed by atoms with E-state index in [1.165, 1.54) is 0 Å². The zero-order chi connectivity index (χ0) is 13.3. The molecule has 1 aromatic carbocycles. The third kappa shape index (κ3) is 2.52. The lowest BCUT2D eigenvalue weighted by atomic mass is 10.0. The third-order valence-electron chi connectivity index (χ3n) is 2.79. The summed E-state index contributed by atoms with van der Waals surface area (Å²) in [6.07, 6.45) is -0.471. The minimum Gasteiger partial charge on any atom is -0.490 e. The highest BCUT2D eigenvalue weighted by atomic mass is 79.9. The molecule has 0 amide bonds. The molecule has 0 saturated heterocycles. The van der Waals surface area contributed by atoms with Crippen molar-refractivity contribution >= 4 is 21.9 Å². The van der Waals surface area contributed by atoms with Gasteiger partial charge in [-0.2, -0.15) is 0 Å². The van der Waals surface area contributed by atoms with E-state index < -0.39 is 12.1 Å². The molecule has 0 saturated carbocycles. The van der Waals surface area contributed by atoms with Gasteiger partial charge in [0.1, 0.15) is 11.9 Å². The predicted molar refractivity (Wildman–Crippen MR) is 69.5 cm³/mol. The summed E-state index contributed by atoms with van der Waals surface area (Å²) in [5.74, 6) is -0.0489. The van der Waals surface area contributed by atoms with Gasteiger partial charge in [0.15, 0.2) is 6.10 Å². The molecule has 0 radical (unpaired) electrons. The molecule has 5 heteroatoms. The second-order valence-electron chi connectivity index (χ2n) is 4.27. The fourth-order valence-corrected chi connectivity index (χ4v) is 2.60. The molecule has 2 unspecified atom stereocenters. The number of ether oxygens (including phenoxy) is 2. The van der Waals surface area contributed by atoms with Crippen LogP contribution < -0.4 is 4.74 Å². The maximum absolute atomic E-state index is 11.6. The SMILES string of the molecule is CCOC(=O)C(O)c1cc(Br)cc2c1OC(C)C2. The molecule has 0 fully saturated rings. The molecule has 0 aromatic heterocycles. The van der Waals surface area contributed by atoms with Gasteiger partial charge in [-0.15, -0.1) is 0 Å². The van der Waals surface area contributed by atoms with Crippen LogP contribution in [0.25, 0.3) is 0 Å². The first-order valence-electron chi connectivity index (χ1n) is 5.86. The van der Waals surface area contributed by atoms with Crippen LogP contribution in [0.4, 0.5) is 0 Å². The largest absolute Gasteiger partial charge is 0.490 e. The number of hydrogen-bond donors (Lipinski definition) is 1. The normalized spacial score (nSPS) is 19.0. The first-order valence-corrected chi connectivity index (χ1v) is 6.66. The van der Waals surface area contributed by atoms with Crippen molar-refractivity contribution in [3.8, 4) is 5.75 Å². The minimum atomic E-state index is -1.30. The van der Waals surface area contributed by atoms with Gasteiger partial charge >= 0.3 is 5.97 Å². The van der Waals surface area contributed by atoms with Gasteiger partial charge in [-0.05, 0) is 31.5 Å². The summed E-state index contributed by atoms with van der Waals surface area (Å²) >= 11 is 3.37. The number of esters is 1. The van der Waals surface area contributed by atoms with Gasteiger partial charge in [0.2, 0.25) is 0 Å². The van der Waals surface area contributed by atoms with Gasteiger partial charge in [0, 0.05) is 16.5 Å². The van der Waals surface area contributed by atoms with Crippen molar-refractivity contribution < 1.29 is 19.4 Å². The van der Waals surface area contributed by atoms with Gasteiger partial charge in [0.05, 0.1) is 6.61 Å². The number of benzene rings is 1. The van der Waals surface area contributed by atoms with Crippen LogP contribution in [-0.4, -0.2) is 23.8 Å². The summed E-state index contributed by atoms with van der Waals surface area (Å²) in [5.41, 5.74) is 1.46. The molecule has 4 nitrogen and oxygen atoms in total. The summed E-state index contributed by atoms with van der Waals surface area (Å²) in [6.45, 7) is 3.90. The molecule has 1 aliphatic heterocycles. The molecule has 1 aliphatic rings. The van der Waals surface area contributed by atoms with Gasteiger partial charge in [-0.3, -0.25) is 0 Å². The molecular formula is C13H15BrO4. The lowest BCUT2D eigenvalue weighted by Crippen LogP contribution is -2.16. The summed E-state index contributed by atoms with van der Waals surface area (Å²) in [6, 6.07) is 3.64. The van der Waals surface area contributed by atoms with E-state index in [1.807, 2.05) is 13.0 Å². The Morgan fingerprint density at radius 1 is 1.67 bits per heavy atom. The van der Waals surface area contributed by atoms with Crippen LogP contribution in [0.1, 0.15) is 31.1 Å². The van der Waals surface area contributed by atoms with Gasteiger partial charge in [0.25, 0.3) is 0 Å². The van der Waals surface area contributed by atoms with E-state index in [4.69, 9.17) is 9.47 Å². The highest BCUT2D eigenvalue weighted by Crippen LogP contribution is 2.38. The molecule has 98 valence electrons. The van der Waals surface area contributed by atoms with E-state index in [-0.39, 0.29) is 12.7 Å². The lowest BCUT2D eigenvalue weighted by molar-refractivity contribution is -0.153. The van der Waals surface area contributed by atoms with E-state index in [0.717, 1.165) is 16.5 Å². The number of halogens is 1. The average molecular weight is 315 g/mol. The van der Waals surface area contributed by atoms with E-state index in [0.29, 0.717) is 11.3 Å². The second kappa shape index (κ2) is 5.28. The summed E-state index contributed by atoms with van der Waals surface area (Å²) in [4.78, 5) is 11.6. The van der Waals surface area contributed by atoms with Crippen LogP contribution in [0.5, 0.6) is 5.75 Å². The Morgan fingerprint density at radius 3 is 3.06 bits per heavy atom. The van der Waals surface area contributed by atoms with E-state index >= 15 is 0 Å². The van der Waals surface area contributed by atoms with E-state index in [1.54, 1.807) is 13.0 Å². The highest BCUT2D eigenvalue weighted by Gasteiger charge is 2.29. The molecule has 2 atom stereocenters. The predicted octanol–water partition coefficient (Wildman–Crippen LogP) is 2.37. The van der Waals surface area contributed by atoms with Crippen LogP contribution in [0.15, 0.2) is 16.6 Å². The number of fused-ring (bicyclic) bond motifs is 1. The number of aliphatic hydroxyl groups is 1. The smallest absolute Gasteiger partial charge is 0.339 e. The zero-order valence-corrected chi connectivity index (χ0v) is 11.9. The summed E-state index contributed by atoms with van der Waals surface area (Å²) < 4.78 is 11.3. The Hall–Kier alpha value is -1.07. The average Bonchev–Trinajstić information content (AvgIpc) is 2.67. The second-order valence-corrected chi connectivity index (χ2v) is 5.19. The molecule has 1 aromatic rings. The van der Waals surface area contributed by atoms with Gasteiger partial charge < -0.3 is 14.6 Å². The standard InChI is InChI=1S/C13H15BrO4/c1-3-17-13(16)11(15)10-6-9(14)5-8-4-7(2)18-12(8)10/h5-7,11,15H,3-4H2,1-2H3. The highest BCUT2D eigenvalue weighted by molar-refractivity contribution is 9.10. The Bertz CT molecular complexity index is 472. The van der Waals surface area contributed by atoms with Crippen molar-refractivity contribution in [2.45, 2.75) is 32.5 Å². The summed E-state index contributed by atoms with van der Waals surface area (Å²) in [5, 5.41) is 10.0. The van der Waals surface area contributed by atoms with Crippen molar-refractivity contribution in [2.75, 3.05) is 6.61 Å². The van der Waals surface area contributed by atoms with Crippen molar-refractivity contribution in [1.29, 1.82) is 0 Å². The molecule has 0 spiro atoms. The molecule has 18 heavy (non-hydrogen) atoms. The zero-order valence-electron chi connectivity index (χ0n) is 10.3. The fourth-order valence-electron chi connectivity index (χ4n) is 2.07. The molecule has 0 bridgehead atoms. The maximum Gasteiger partial charge on any atom is 0.339 e. The van der Waals surface area contributed by atoms with Gasteiger partial charge in [-0.1, -0.05) is 15.9 Å². The molecule has 1 N–H and O–H groups in total. The van der Waals surface area contributed by atoms with Crippen molar-refractivity contribution in [1.82, 2.24) is 0 Å². The van der Waals surface area contributed by atoms with E-state index in [2.05, 4.69) is 15.9 Å². The first kappa shape index (κ1) is 13.4. The monoisotopic (exact) mass is 314 g/mol. The number of aliphatic hydroxyl groups excluding tert-OH is 1. The van der Waals surface area contributed by atoms with Crippen molar-refractivity contribution in [3.63, 3.8) is 0 Å². The van der Waals surface area contributed by atoms with Crippen molar-refractivity contribution in [3.05, 3.63) is 27.7 Å². The Morgan fingerprint density at radius 2 is 2.39 bits per heavy atom. The maximum atomic E-state index is 11.6.